The summed E-state index contributed by atoms with van der Waals surface area (Å²) in [5, 5.41) is 11.9. The number of hydrogen-bond acceptors (Lipinski definition) is 5. The van der Waals surface area contributed by atoms with Gasteiger partial charge in [0.15, 0.2) is 9.84 Å². The molecule has 0 aliphatic carbocycles. The molecule has 0 bridgehead atoms. The van der Waals surface area contributed by atoms with Crippen LogP contribution in [0.15, 0.2) is 18.5 Å². The summed E-state index contributed by atoms with van der Waals surface area (Å²) in [4.78, 5) is 15.6. The standard InChI is InChI=1S/C11H14N2O4S/c1-11(2-3-18(16,17)7-11)13-10(15)8-4-9(14)6-12-5-8/h4-6,14H,2-3,7H2,1H3,(H,13,15). The largest absolute Gasteiger partial charge is 0.506 e. The molecule has 2 N–H and O–H groups in total. The number of nitrogens with zero attached hydrogens (tertiary/aromatic N) is 1. The van der Waals surface area contributed by atoms with Crippen LogP contribution < -0.4 is 5.32 Å². The lowest BCUT2D eigenvalue weighted by atomic mass is 10.0. The fraction of sp³-hybridized carbons (Fsp3) is 0.455. The summed E-state index contributed by atoms with van der Waals surface area (Å²) >= 11 is 0. The first kappa shape index (κ1) is 12.8. The van der Waals surface area contributed by atoms with Crippen LogP contribution in [0.5, 0.6) is 5.75 Å². The minimum atomic E-state index is -3.07. The highest BCUT2D eigenvalue weighted by Crippen LogP contribution is 2.23. The lowest BCUT2D eigenvalue weighted by Gasteiger charge is -2.23. The Kier molecular flexibility index (Phi) is 3.02. The third-order valence-corrected chi connectivity index (χ3v) is 4.81. The number of rotatable bonds is 2. The molecular weight excluding hydrogens is 256 g/mol. The highest BCUT2D eigenvalue weighted by Gasteiger charge is 2.39. The molecule has 2 rings (SSSR count). The molecule has 1 aromatic heterocycles. The second kappa shape index (κ2) is 4.24. The van der Waals surface area contributed by atoms with E-state index >= 15 is 0 Å². The van der Waals surface area contributed by atoms with Gasteiger partial charge >= 0.3 is 0 Å². The summed E-state index contributed by atoms with van der Waals surface area (Å²) in [5.74, 6) is -0.509. The number of carbonyl (C=O) groups is 1. The third-order valence-electron chi connectivity index (χ3n) is 2.90. The first-order valence-corrected chi connectivity index (χ1v) is 7.29. The Morgan fingerprint density at radius 2 is 2.22 bits per heavy atom. The van der Waals surface area contributed by atoms with E-state index in [1.807, 2.05) is 0 Å². The zero-order valence-electron chi connectivity index (χ0n) is 9.88. The normalized spacial score (nSPS) is 25.8. The van der Waals surface area contributed by atoms with Gasteiger partial charge < -0.3 is 10.4 Å². The monoisotopic (exact) mass is 270 g/mol. The molecule has 0 spiro atoms. The predicted molar refractivity (Wildman–Crippen MR) is 65.0 cm³/mol. The molecule has 1 atom stereocenters. The lowest BCUT2D eigenvalue weighted by molar-refractivity contribution is 0.0914. The van der Waals surface area contributed by atoms with Gasteiger partial charge in [0.05, 0.1) is 28.8 Å². The molecule has 0 saturated carbocycles. The molecule has 1 aliphatic rings. The maximum absolute atomic E-state index is 11.9. The number of aromatic hydroxyl groups is 1. The van der Waals surface area contributed by atoms with Crippen LogP contribution in [0.25, 0.3) is 0 Å². The van der Waals surface area contributed by atoms with Crippen molar-refractivity contribution < 1.29 is 18.3 Å². The van der Waals surface area contributed by atoms with Gasteiger partial charge in [0.25, 0.3) is 5.91 Å². The second-order valence-electron chi connectivity index (χ2n) is 4.79. The summed E-state index contributed by atoms with van der Waals surface area (Å²) in [6.45, 7) is 1.70. The van der Waals surface area contributed by atoms with Gasteiger partial charge in [-0.25, -0.2) is 8.42 Å². The molecule has 1 unspecified atom stereocenters. The van der Waals surface area contributed by atoms with Crippen molar-refractivity contribution in [3.63, 3.8) is 0 Å². The molecule has 0 radical (unpaired) electrons. The van der Waals surface area contributed by atoms with Crippen molar-refractivity contribution in [1.82, 2.24) is 10.3 Å². The van der Waals surface area contributed by atoms with Crippen LogP contribution in [0.1, 0.15) is 23.7 Å². The van der Waals surface area contributed by atoms with Gasteiger partial charge in [-0.05, 0) is 19.4 Å². The minimum Gasteiger partial charge on any atom is -0.506 e. The first-order chi connectivity index (χ1) is 8.30. The van der Waals surface area contributed by atoms with Gasteiger partial charge in [-0.1, -0.05) is 0 Å². The van der Waals surface area contributed by atoms with Crippen molar-refractivity contribution in [3.05, 3.63) is 24.0 Å². The summed E-state index contributed by atoms with van der Waals surface area (Å²) in [5.41, 5.74) is -0.540. The van der Waals surface area contributed by atoms with Gasteiger partial charge in [-0.3, -0.25) is 9.78 Å². The molecule has 98 valence electrons. The maximum atomic E-state index is 11.9. The number of aromatic nitrogens is 1. The zero-order chi connectivity index (χ0) is 13.4. The lowest BCUT2D eigenvalue weighted by Crippen LogP contribution is -2.46. The van der Waals surface area contributed by atoms with E-state index in [1.54, 1.807) is 6.92 Å². The summed E-state index contributed by atoms with van der Waals surface area (Å²) in [7, 11) is -3.07. The van der Waals surface area contributed by atoms with Gasteiger partial charge in [-0.15, -0.1) is 0 Å². The fourth-order valence-electron chi connectivity index (χ4n) is 2.01. The van der Waals surface area contributed by atoms with Gasteiger partial charge in [0.1, 0.15) is 5.75 Å². The molecule has 0 aromatic carbocycles. The quantitative estimate of drug-likeness (QED) is 0.794. The van der Waals surface area contributed by atoms with E-state index in [0.717, 1.165) is 0 Å². The van der Waals surface area contributed by atoms with Crippen molar-refractivity contribution in [2.75, 3.05) is 11.5 Å². The average molecular weight is 270 g/mol. The van der Waals surface area contributed by atoms with E-state index < -0.39 is 21.3 Å². The van der Waals surface area contributed by atoms with Gasteiger partial charge in [0, 0.05) is 6.20 Å². The van der Waals surface area contributed by atoms with Crippen molar-refractivity contribution in [2.45, 2.75) is 18.9 Å². The van der Waals surface area contributed by atoms with Crippen LogP contribution in [0, 0.1) is 0 Å². The minimum absolute atomic E-state index is 0.0576. The van der Waals surface area contributed by atoms with Crippen molar-refractivity contribution in [3.8, 4) is 5.75 Å². The van der Waals surface area contributed by atoms with Gasteiger partial charge in [0.2, 0.25) is 0 Å². The smallest absolute Gasteiger partial charge is 0.253 e. The molecule has 1 aliphatic heterocycles. The van der Waals surface area contributed by atoms with Crippen LogP contribution in [0.3, 0.4) is 0 Å². The predicted octanol–water partition coefficient (Wildman–Crippen LogP) is 0.0942. The van der Waals surface area contributed by atoms with E-state index in [4.69, 9.17) is 0 Å². The van der Waals surface area contributed by atoms with Crippen molar-refractivity contribution in [1.29, 1.82) is 0 Å². The van der Waals surface area contributed by atoms with Crippen LogP contribution in [0.2, 0.25) is 0 Å². The third kappa shape index (κ3) is 2.79. The van der Waals surface area contributed by atoms with E-state index in [0.29, 0.717) is 6.42 Å². The topological polar surface area (TPSA) is 96.4 Å². The van der Waals surface area contributed by atoms with E-state index in [-0.39, 0.29) is 22.8 Å². The highest BCUT2D eigenvalue weighted by atomic mass is 32.2. The molecular formula is C11H14N2O4S. The molecule has 2 heterocycles. The second-order valence-corrected chi connectivity index (χ2v) is 6.97. The fourth-order valence-corrected chi connectivity index (χ4v) is 4.10. The Balaban J connectivity index is 2.13. The molecule has 18 heavy (non-hydrogen) atoms. The molecule has 1 saturated heterocycles. The highest BCUT2D eigenvalue weighted by molar-refractivity contribution is 7.91. The van der Waals surface area contributed by atoms with Crippen molar-refractivity contribution >= 4 is 15.7 Å². The Labute approximate surface area is 105 Å². The van der Waals surface area contributed by atoms with Gasteiger partial charge in [-0.2, -0.15) is 0 Å². The average Bonchev–Trinajstić information content (AvgIpc) is 2.52. The first-order valence-electron chi connectivity index (χ1n) is 5.47. The number of amides is 1. The molecule has 7 heteroatoms. The Morgan fingerprint density at radius 1 is 1.50 bits per heavy atom. The summed E-state index contributed by atoms with van der Waals surface area (Å²) in [6, 6.07) is 1.29. The van der Waals surface area contributed by atoms with E-state index in [1.165, 1.54) is 18.5 Å². The van der Waals surface area contributed by atoms with Crippen LogP contribution in [-0.4, -0.2) is 41.5 Å². The van der Waals surface area contributed by atoms with Crippen LogP contribution >= 0.6 is 0 Å². The molecule has 6 nitrogen and oxygen atoms in total. The van der Waals surface area contributed by atoms with Crippen molar-refractivity contribution in [2.24, 2.45) is 0 Å². The number of carbonyl (C=O) groups excluding carboxylic acids is 1. The zero-order valence-corrected chi connectivity index (χ0v) is 10.7. The summed E-state index contributed by atoms with van der Waals surface area (Å²) < 4.78 is 22.8. The van der Waals surface area contributed by atoms with Crippen LogP contribution in [0.4, 0.5) is 0 Å². The Morgan fingerprint density at radius 3 is 2.78 bits per heavy atom. The Bertz CT molecular complexity index is 584. The maximum Gasteiger partial charge on any atom is 0.253 e. The molecule has 1 amide bonds. The summed E-state index contributed by atoms with van der Waals surface area (Å²) in [6.07, 6.45) is 2.94. The number of hydrogen-bond donors (Lipinski definition) is 2. The number of sulfone groups is 1. The number of pyridine rings is 1. The van der Waals surface area contributed by atoms with E-state index in [2.05, 4.69) is 10.3 Å². The molecule has 1 aromatic rings. The molecule has 1 fully saturated rings. The van der Waals surface area contributed by atoms with Crippen LogP contribution in [-0.2, 0) is 9.84 Å². The SMILES string of the molecule is CC1(NC(=O)c2cncc(O)c2)CCS(=O)(=O)C1. The Hall–Kier alpha value is -1.63. The number of nitrogens with one attached hydrogen (secondary N) is 1. The van der Waals surface area contributed by atoms with E-state index in [9.17, 15) is 18.3 Å².